The van der Waals surface area contributed by atoms with E-state index in [2.05, 4.69) is 0 Å². The van der Waals surface area contributed by atoms with Gasteiger partial charge in [-0.25, -0.2) is 17.2 Å². The van der Waals surface area contributed by atoms with Gasteiger partial charge in [-0.2, -0.15) is 4.31 Å². The second-order valence-electron chi connectivity index (χ2n) is 5.46. The third-order valence-corrected chi connectivity index (χ3v) is 6.09. The average molecular weight is 346 g/mol. The number of esters is 1. The smallest absolute Gasteiger partial charge is 0.323 e. The first-order chi connectivity index (χ1) is 10.9. The monoisotopic (exact) mass is 346 g/mol. The summed E-state index contributed by atoms with van der Waals surface area (Å²) in [7, 11) is -4.24. The Morgan fingerprint density at radius 3 is 2.22 bits per heavy atom. The number of cyclic esters (lactones) is 1. The lowest BCUT2D eigenvalue weighted by Gasteiger charge is -2.35. The molecule has 1 aromatic rings. The Hall–Kier alpha value is -1.58. The number of benzene rings is 1. The van der Waals surface area contributed by atoms with Crippen LogP contribution in [0.15, 0.2) is 23.1 Å². The Morgan fingerprint density at radius 2 is 1.70 bits per heavy atom. The maximum absolute atomic E-state index is 13.8. The van der Waals surface area contributed by atoms with Crippen LogP contribution in [0.1, 0.15) is 6.42 Å². The summed E-state index contributed by atoms with van der Waals surface area (Å²) >= 11 is 0. The van der Waals surface area contributed by atoms with Crippen molar-refractivity contribution in [2.75, 3.05) is 32.8 Å². The molecule has 0 aliphatic carbocycles. The van der Waals surface area contributed by atoms with Crippen molar-refractivity contribution < 1.29 is 26.7 Å². The van der Waals surface area contributed by atoms with Gasteiger partial charge in [-0.1, -0.05) is 6.07 Å². The van der Waals surface area contributed by atoms with Gasteiger partial charge in [0.05, 0.1) is 6.61 Å². The molecule has 0 unspecified atom stereocenters. The van der Waals surface area contributed by atoms with Crippen LogP contribution in [0.2, 0.25) is 0 Å². The van der Waals surface area contributed by atoms with Gasteiger partial charge in [0, 0.05) is 32.6 Å². The number of ether oxygens (including phenoxy) is 1. The van der Waals surface area contributed by atoms with Crippen LogP contribution in [0.4, 0.5) is 8.78 Å². The molecular formula is C14H16F2N2O4S. The van der Waals surface area contributed by atoms with Gasteiger partial charge in [0.1, 0.15) is 17.7 Å². The first kappa shape index (κ1) is 16.3. The SMILES string of the molecule is O=C1OCC[C@@H]1N1CCN(S(=O)(=O)c2c(F)cccc2F)CC1. The Balaban J connectivity index is 1.75. The van der Waals surface area contributed by atoms with Crippen LogP contribution in [0, 0.1) is 11.6 Å². The van der Waals surface area contributed by atoms with Crippen molar-refractivity contribution in [1.29, 1.82) is 0 Å². The zero-order valence-electron chi connectivity index (χ0n) is 12.2. The van der Waals surface area contributed by atoms with E-state index < -0.39 is 26.6 Å². The lowest BCUT2D eigenvalue weighted by molar-refractivity contribution is -0.142. The average Bonchev–Trinajstić information content (AvgIpc) is 2.93. The van der Waals surface area contributed by atoms with E-state index in [4.69, 9.17) is 4.74 Å². The largest absolute Gasteiger partial charge is 0.464 e. The highest BCUT2D eigenvalue weighted by molar-refractivity contribution is 7.89. The molecule has 1 atom stereocenters. The minimum absolute atomic E-state index is 0.0693. The van der Waals surface area contributed by atoms with E-state index in [0.29, 0.717) is 26.1 Å². The van der Waals surface area contributed by atoms with Crippen LogP contribution < -0.4 is 0 Å². The molecule has 2 aliphatic rings. The summed E-state index contributed by atoms with van der Waals surface area (Å²) in [4.78, 5) is 12.5. The molecular weight excluding hydrogens is 330 g/mol. The van der Waals surface area contributed by atoms with Crippen molar-refractivity contribution in [3.63, 3.8) is 0 Å². The minimum Gasteiger partial charge on any atom is -0.464 e. The Morgan fingerprint density at radius 1 is 1.09 bits per heavy atom. The van der Waals surface area contributed by atoms with Gasteiger partial charge >= 0.3 is 5.97 Å². The molecule has 3 rings (SSSR count). The third kappa shape index (κ3) is 2.96. The number of sulfonamides is 1. The Labute approximate surface area is 132 Å². The molecule has 2 fully saturated rings. The van der Waals surface area contributed by atoms with Crippen molar-refractivity contribution in [1.82, 2.24) is 9.21 Å². The number of halogens is 2. The van der Waals surface area contributed by atoms with Crippen LogP contribution in [0.25, 0.3) is 0 Å². The number of nitrogens with zero attached hydrogens (tertiary/aromatic N) is 2. The fraction of sp³-hybridized carbons (Fsp3) is 0.500. The second kappa shape index (κ2) is 6.14. The summed E-state index contributed by atoms with van der Waals surface area (Å²) in [6.45, 7) is 1.13. The molecule has 6 nitrogen and oxygen atoms in total. The summed E-state index contributed by atoms with van der Waals surface area (Å²) in [6, 6.07) is 2.60. The van der Waals surface area contributed by atoms with Crippen molar-refractivity contribution >= 4 is 16.0 Å². The van der Waals surface area contributed by atoms with Gasteiger partial charge in [-0.15, -0.1) is 0 Å². The molecule has 2 aliphatic heterocycles. The van der Waals surface area contributed by atoms with Crippen LogP contribution in [-0.2, 0) is 19.6 Å². The van der Waals surface area contributed by atoms with Gasteiger partial charge < -0.3 is 4.74 Å². The fourth-order valence-electron chi connectivity index (χ4n) is 2.93. The number of rotatable bonds is 3. The van der Waals surface area contributed by atoms with Crippen LogP contribution in [0.5, 0.6) is 0 Å². The summed E-state index contributed by atoms with van der Waals surface area (Å²) < 4.78 is 58.4. The van der Waals surface area contributed by atoms with E-state index >= 15 is 0 Å². The number of hydrogen-bond acceptors (Lipinski definition) is 5. The van der Waals surface area contributed by atoms with E-state index in [1.807, 2.05) is 4.90 Å². The zero-order valence-corrected chi connectivity index (χ0v) is 13.1. The van der Waals surface area contributed by atoms with Gasteiger partial charge in [0.25, 0.3) is 0 Å². The van der Waals surface area contributed by atoms with E-state index in [1.54, 1.807) is 0 Å². The highest BCUT2D eigenvalue weighted by Crippen LogP contribution is 2.24. The predicted octanol–water partition coefficient (Wildman–Crippen LogP) is 0.587. The highest BCUT2D eigenvalue weighted by Gasteiger charge is 2.38. The van der Waals surface area contributed by atoms with Gasteiger partial charge in [0.2, 0.25) is 10.0 Å². The molecule has 0 spiro atoms. The molecule has 0 radical (unpaired) electrons. The topological polar surface area (TPSA) is 66.9 Å². The number of piperazine rings is 1. The molecule has 9 heteroatoms. The normalized spacial score (nSPS) is 23.9. The van der Waals surface area contributed by atoms with E-state index in [9.17, 15) is 22.0 Å². The van der Waals surface area contributed by atoms with E-state index in [0.717, 1.165) is 22.5 Å². The Kier molecular flexibility index (Phi) is 4.35. The van der Waals surface area contributed by atoms with Gasteiger partial charge in [-0.3, -0.25) is 9.69 Å². The van der Waals surface area contributed by atoms with Crippen molar-refractivity contribution in [2.45, 2.75) is 17.4 Å². The van der Waals surface area contributed by atoms with Gasteiger partial charge in [0.15, 0.2) is 4.90 Å². The van der Waals surface area contributed by atoms with Crippen LogP contribution in [-0.4, -0.2) is 62.4 Å². The third-order valence-electron chi connectivity index (χ3n) is 4.14. The number of hydrogen-bond donors (Lipinski definition) is 0. The first-order valence-electron chi connectivity index (χ1n) is 7.26. The predicted molar refractivity (Wildman–Crippen MR) is 76.1 cm³/mol. The molecule has 1 aromatic carbocycles. The molecule has 2 saturated heterocycles. The molecule has 0 N–H and O–H groups in total. The molecule has 0 amide bonds. The zero-order chi connectivity index (χ0) is 16.6. The van der Waals surface area contributed by atoms with Crippen molar-refractivity contribution in [3.05, 3.63) is 29.8 Å². The molecule has 0 saturated carbocycles. The van der Waals surface area contributed by atoms with Crippen LogP contribution >= 0.6 is 0 Å². The maximum atomic E-state index is 13.8. The van der Waals surface area contributed by atoms with Crippen molar-refractivity contribution in [2.24, 2.45) is 0 Å². The number of carbonyl (C=O) groups excluding carboxylic acids is 1. The standard InChI is InChI=1S/C14H16F2N2O4S/c15-10-2-1-3-11(16)13(10)23(20,21)18-7-5-17(6-8-18)12-4-9-22-14(12)19/h1-3,12H,4-9H2/t12-/m0/s1. The quantitative estimate of drug-likeness (QED) is 0.750. The highest BCUT2D eigenvalue weighted by atomic mass is 32.2. The van der Waals surface area contributed by atoms with Gasteiger partial charge in [-0.05, 0) is 12.1 Å². The van der Waals surface area contributed by atoms with E-state index in [-0.39, 0.29) is 25.1 Å². The van der Waals surface area contributed by atoms with E-state index in [1.165, 1.54) is 0 Å². The molecule has 0 aromatic heterocycles. The minimum atomic E-state index is -4.24. The lowest BCUT2D eigenvalue weighted by atomic mass is 10.2. The number of carbonyl (C=O) groups is 1. The summed E-state index contributed by atoms with van der Waals surface area (Å²) in [6.07, 6.45) is 0.577. The fourth-order valence-corrected chi connectivity index (χ4v) is 4.46. The molecule has 23 heavy (non-hydrogen) atoms. The molecule has 0 bridgehead atoms. The summed E-state index contributed by atoms with van der Waals surface area (Å²) in [5.41, 5.74) is 0. The summed E-state index contributed by atoms with van der Waals surface area (Å²) in [5, 5.41) is 0. The molecule has 2 heterocycles. The van der Waals surface area contributed by atoms with Crippen LogP contribution in [0.3, 0.4) is 0 Å². The lowest BCUT2D eigenvalue weighted by Crippen LogP contribution is -2.53. The second-order valence-corrected chi connectivity index (χ2v) is 7.34. The Bertz CT molecular complexity index is 697. The first-order valence-corrected chi connectivity index (χ1v) is 8.70. The molecule has 126 valence electrons. The summed E-state index contributed by atoms with van der Waals surface area (Å²) in [5.74, 6) is -2.51. The van der Waals surface area contributed by atoms with Crippen molar-refractivity contribution in [3.8, 4) is 0 Å². The maximum Gasteiger partial charge on any atom is 0.323 e.